The van der Waals surface area contributed by atoms with Crippen LogP contribution in [0.25, 0.3) is 11.0 Å². The lowest BCUT2D eigenvalue weighted by Gasteiger charge is -2.14. The number of H-pyrrole nitrogens is 1. The molecule has 0 radical (unpaired) electrons. The number of nitrogens with one attached hydrogen (secondary N) is 1. The first-order valence-electron chi connectivity index (χ1n) is 8.07. The lowest BCUT2D eigenvalue weighted by molar-refractivity contribution is 0.00745. The molecule has 3 aromatic rings. The van der Waals surface area contributed by atoms with Crippen molar-refractivity contribution in [1.29, 1.82) is 0 Å². The summed E-state index contributed by atoms with van der Waals surface area (Å²) in [6.45, 7) is 1.85. The standard InChI is InChI=1S/C17H20FN5O/c1-22-14-5-3-2-4-13(14)21-17(22)11-24-15-9-23(8-12(15)18)10-16-19-6-7-20-16/h2-7,12,15H,8-11H2,1H3,(H,19,20). The Morgan fingerprint density at radius 1 is 1.33 bits per heavy atom. The van der Waals surface area contributed by atoms with Crippen molar-refractivity contribution < 1.29 is 9.13 Å². The lowest BCUT2D eigenvalue weighted by Crippen LogP contribution is -2.25. The minimum atomic E-state index is -0.991. The summed E-state index contributed by atoms with van der Waals surface area (Å²) < 4.78 is 22.1. The zero-order valence-electron chi connectivity index (χ0n) is 13.5. The van der Waals surface area contributed by atoms with Gasteiger partial charge in [-0.25, -0.2) is 14.4 Å². The van der Waals surface area contributed by atoms with Crippen molar-refractivity contribution in [2.45, 2.75) is 25.4 Å². The number of ether oxygens (including phenoxy) is 1. The summed E-state index contributed by atoms with van der Waals surface area (Å²) in [7, 11) is 1.96. The van der Waals surface area contributed by atoms with Gasteiger partial charge in [-0.15, -0.1) is 0 Å². The molecule has 4 rings (SSSR count). The highest BCUT2D eigenvalue weighted by Gasteiger charge is 2.34. The van der Waals surface area contributed by atoms with Crippen molar-refractivity contribution in [3.63, 3.8) is 0 Å². The summed E-state index contributed by atoms with van der Waals surface area (Å²) in [5.74, 6) is 1.66. The first-order valence-corrected chi connectivity index (χ1v) is 8.07. The van der Waals surface area contributed by atoms with Crippen LogP contribution >= 0.6 is 0 Å². The number of hydrogen-bond donors (Lipinski definition) is 1. The van der Waals surface area contributed by atoms with Crippen LogP contribution in [0.15, 0.2) is 36.7 Å². The lowest BCUT2D eigenvalue weighted by atomic mass is 10.3. The van der Waals surface area contributed by atoms with E-state index in [0.29, 0.717) is 26.2 Å². The van der Waals surface area contributed by atoms with Gasteiger partial charge in [0, 0.05) is 32.5 Å². The maximum atomic E-state index is 14.3. The summed E-state index contributed by atoms with van der Waals surface area (Å²) in [4.78, 5) is 13.8. The topological polar surface area (TPSA) is 59.0 Å². The van der Waals surface area contributed by atoms with Crippen LogP contribution in [0.4, 0.5) is 4.39 Å². The number of aromatic nitrogens is 4. The molecule has 24 heavy (non-hydrogen) atoms. The Morgan fingerprint density at radius 3 is 3.00 bits per heavy atom. The second kappa shape index (κ2) is 6.33. The zero-order chi connectivity index (χ0) is 16.5. The Kier molecular flexibility index (Phi) is 4.03. The van der Waals surface area contributed by atoms with E-state index >= 15 is 0 Å². The number of fused-ring (bicyclic) bond motifs is 1. The Hall–Kier alpha value is -2.25. The second-order valence-electron chi connectivity index (χ2n) is 6.17. The van der Waals surface area contributed by atoms with Gasteiger partial charge in [-0.1, -0.05) is 12.1 Å². The maximum Gasteiger partial charge on any atom is 0.140 e. The Labute approximate surface area is 139 Å². The minimum absolute atomic E-state index is 0.310. The van der Waals surface area contributed by atoms with Crippen molar-refractivity contribution in [3.8, 4) is 0 Å². The molecule has 0 spiro atoms. The highest BCUT2D eigenvalue weighted by Crippen LogP contribution is 2.21. The molecule has 6 nitrogen and oxygen atoms in total. The van der Waals surface area contributed by atoms with E-state index in [9.17, 15) is 4.39 Å². The number of aryl methyl sites for hydroxylation is 1. The largest absolute Gasteiger partial charge is 0.366 e. The van der Waals surface area contributed by atoms with Crippen molar-refractivity contribution in [1.82, 2.24) is 24.4 Å². The van der Waals surface area contributed by atoms with Gasteiger partial charge in [-0.05, 0) is 12.1 Å². The van der Waals surface area contributed by atoms with Crippen molar-refractivity contribution in [2.75, 3.05) is 13.1 Å². The predicted molar refractivity (Wildman–Crippen MR) is 88.1 cm³/mol. The van der Waals surface area contributed by atoms with E-state index in [4.69, 9.17) is 4.74 Å². The third-order valence-electron chi connectivity index (χ3n) is 4.51. The summed E-state index contributed by atoms with van der Waals surface area (Å²) in [6, 6.07) is 7.93. The fraction of sp³-hybridized carbons (Fsp3) is 0.412. The Balaban J connectivity index is 1.39. The highest BCUT2D eigenvalue weighted by molar-refractivity contribution is 5.75. The zero-order valence-corrected chi connectivity index (χ0v) is 13.5. The van der Waals surface area contributed by atoms with E-state index in [1.165, 1.54) is 0 Å². The number of alkyl halides is 1. The molecule has 126 valence electrons. The van der Waals surface area contributed by atoms with Crippen LogP contribution in [-0.4, -0.2) is 49.8 Å². The molecule has 0 bridgehead atoms. The van der Waals surface area contributed by atoms with Crippen LogP contribution in [0.2, 0.25) is 0 Å². The van der Waals surface area contributed by atoms with Crippen molar-refractivity contribution >= 4 is 11.0 Å². The van der Waals surface area contributed by atoms with Crippen molar-refractivity contribution in [3.05, 3.63) is 48.3 Å². The number of hydrogen-bond acceptors (Lipinski definition) is 4. The van der Waals surface area contributed by atoms with Gasteiger partial charge in [0.25, 0.3) is 0 Å². The molecule has 2 atom stereocenters. The number of nitrogens with zero attached hydrogens (tertiary/aromatic N) is 4. The SMILES string of the molecule is Cn1c(COC2CN(Cc3ncc[nH]3)CC2F)nc2ccccc21. The quantitative estimate of drug-likeness (QED) is 0.778. The Morgan fingerprint density at radius 2 is 2.21 bits per heavy atom. The first-order chi connectivity index (χ1) is 11.7. The highest BCUT2D eigenvalue weighted by atomic mass is 19.1. The van der Waals surface area contributed by atoms with Crippen LogP contribution in [0.1, 0.15) is 11.6 Å². The molecule has 3 heterocycles. The first kappa shape index (κ1) is 15.3. The molecule has 7 heteroatoms. The minimum Gasteiger partial charge on any atom is -0.366 e. The number of halogens is 1. The van der Waals surface area contributed by atoms with E-state index in [1.807, 2.05) is 40.8 Å². The van der Waals surface area contributed by atoms with Gasteiger partial charge in [0.1, 0.15) is 30.5 Å². The van der Waals surface area contributed by atoms with E-state index in [0.717, 1.165) is 22.7 Å². The van der Waals surface area contributed by atoms with Crippen LogP contribution in [-0.2, 0) is 24.9 Å². The molecule has 0 amide bonds. The molecular formula is C17H20FN5O. The summed E-state index contributed by atoms with van der Waals surface area (Å²) in [5.41, 5.74) is 1.99. The van der Waals surface area contributed by atoms with Crippen LogP contribution in [0.5, 0.6) is 0 Å². The normalized spacial score (nSPS) is 21.8. The average Bonchev–Trinajstić information content (AvgIpc) is 3.28. The molecule has 0 aliphatic carbocycles. The van der Waals surface area contributed by atoms with Crippen LogP contribution in [0.3, 0.4) is 0 Å². The monoisotopic (exact) mass is 329 g/mol. The van der Waals surface area contributed by atoms with Gasteiger partial charge in [-0.3, -0.25) is 4.90 Å². The molecule has 1 aliphatic heterocycles. The molecule has 1 saturated heterocycles. The summed E-state index contributed by atoms with van der Waals surface area (Å²) in [5, 5.41) is 0. The fourth-order valence-electron chi connectivity index (χ4n) is 3.20. The molecule has 0 saturated carbocycles. The van der Waals surface area contributed by atoms with E-state index in [-0.39, 0.29) is 0 Å². The number of benzene rings is 1. The molecule has 2 unspecified atom stereocenters. The van der Waals surface area contributed by atoms with Gasteiger partial charge in [-0.2, -0.15) is 0 Å². The van der Waals surface area contributed by atoms with Crippen LogP contribution in [0, 0.1) is 0 Å². The summed E-state index contributed by atoms with van der Waals surface area (Å²) >= 11 is 0. The van der Waals surface area contributed by atoms with Gasteiger partial charge in [0.2, 0.25) is 0 Å². The summed E-state index contributed by atoms with van der Waals surface area (Å²) in [6.07, 6.45) is 2.06. The number of likely N-dealkylation sites (tertiary alicyclic amines) is 1. The molecule has 1 aliphatic rings. The average molecular weight is 329 g/mol. The van der Waals surface area contributed by atoms with Gasteiger partial charge < -0.3 is 14.3 Å². The third-order valence-corrected chi connectivity index (χ3v) is 4.51. The van der Waals surface area contributed by atoms with E-state index in [2.05, 4.69) is 15.0 Å². The van der Waals surface area contributed by atoms with E-state index < -0.39 is 12.3 Å². The van der Waals surface area contributed by atoms with Gasteiger partial charge in [0.15, 0.2) is 0 Å². The molecule has 1 N–H and O–H groups in total. The molecule has 2 aromatic heterocycles. The van der Waals surface area contributed by atoms with E-state index in [1.54, 1.807) is 12.4 Å². The van der Waals surface area contributed by atoms with Crippen molar-refractivity contribution in [2.24, 2.45) is 7.05 Å². The van der Waals surface area contributed by atoms with Gasteiger partial charge in [0.05, 0.1) is 17.6 Å². The number of para-hydroxylation sites is 2. The van der Waals surface area contributed by atoms with Crippen LogP contribution < -0.4 is 0 Å². The number of aromatic amines is 1. The fourth-order valence-corrected chi connectivity index (χ4v) is 3.20. The Bertz CT molecular complexity index is 816. The third kappa shape index (κ3) is 2.92. The predicted octanol–water partition coefficient (Wildman–Crippen LogP) is 2.04. The molecule has 1 aromatic carbocycles. The second-order valence-corrected chi connectivity index (χ2v) is 6.17. The molecule has 1 fully saturated rings. The smallest absolute Gasteiger partial charge is 0.140 e. The van der Waals surface area contributed by atoms with Gasteiger partial charge >= 0.3 is 0 Å². The maximum absolute atomic E-state index is 14.3. The number of imidazole rings is 2. The number of rotatable bonds is 5. The molecular weight excluding hydrogens is 309 g/mol.